The first-order valence-corrected chi connectivity index (χ1v) is 5.50. The second-order valence-electron chi connectivity index (χ2n) is 5.08. The van der Waals surface area contributed by atoms with Crippen LogP contribution in [0.1, 0.15) is 27.2 Å². The average molecular weight is 245 g/mol. The van der Waals surface area contributed by atoms with Crippen LogP contribution in [0.25, 0.3) is 0 Å². The van der Waals surface area contributed by atoms with Gasteiger partial charge >= 0.3 is 12.1 Å². The lowest BCUT2D eigenvalue weighted by Gasteiger charge is -2.26. The highest BCUT2D eigenvalue weighted by molar-refractivity contribution is 5.81. The molecular formula is C11H19NO5. The Labute approximate surface area is 100 Å². The molecular weight excluding hydrogens is 226 g/mol. The number of rotatable bonds is 2. The zero-order valence-electron chi connectivity index (χ0n) is 10.6. The number of amides is 1. The highest BCUT2D eigenvalue weighted by Crippen LogP contribution is 2.22. The Morgan fingerprint density at radius 1 is 1.35 bits per heavy atom. The number of carboxylic acid groups (broad SMARTS) is 1. The summed E-state index contributed by atoms with van der Waals surface area (Å²) in [6.45, 7) is 5.47. The van der Waals surface area contributed by atoms with E-state index in [1.165, 1.54) is 12.0 Å². The van der Waals surface area contributed by atoms with Crippen LogP contribution < -0.4 is 0 Å². The second-order valence-corrected chi connectivity index (χ2v) is 5.08. The molecule has 1 aliphatic rings. The summed E-state index contributed by atoms with van der Waals surface area (Å²) < 4.78 is 10.3. The van der Waals surface area contributed by atoms with Crippen LogP contribution >= 0.6 is 0 Å². The van der Waals surface area contributed by atoms with E-state index < -0.39 is 23.7 Å². The van der Waals surface area contributed by atoms with Gasteiger partial charge in [0, 0.05) is 13.5 Å². The van der Waals surface area contributed by atoms with Crippen molar-refractivity contribution < 1.29 is 24.2 Å². The molecule has 0 spiro atoms. The first kappa shape index (κ1) is 13.8. The van der Waals surface area contributed by atoms with Crippen molar-refractivity contribution in [3.63, 3.8) is 0 Å². The Bertz CT molecular complexity index is 309. The molecule has 0 bridgehead atoms. The Morgan fingerprint density at radius 3 is 2.35 bits per heavy atom. The number of carbonyl (C=O) groups excluding carboxylic acids is 1. The summed E-state index contributed by atoms with van der Waals surface area (Å²) in [4.78, 5) is 24.1. The predicted molar refractivity (Wildman–Crippen MR) is 59.8 cm³/mol. The first-order valence-electron chi connectivity index (χ1n) is 5.50. The van der Waals surface area contributed by atoms with Crippen molar-refractivity contribution >= 4 is 12.1 Å². The Morgan fingerprint density at radius 2 is 1.94 bits per heavy atom. The van der Waals surface area contributed by atoms with E-state index in [1.807, 2.05) is 0 Å². The topological polar surface area (TPSA) is 76.1 Å². The fourth-order valence-electron chi connectivity index (χ4n) is 1.72. The predicted octanol–water partition coefficient (Wildman–Crippen LogP) is 1.10. The normalized spacial score (nSPS) is 24.8. The number of likely N-dealkylation sites (tertiary alicyclic amines) is 1. The van der Waals surface area contributed by atoms with Crippen molar-refractivity contribution in [1.29, 1.82) is 0 Å². The average Bonchev–Trinajstić information content (AvgIpc) is 2.58. The van der Waals surface area contributed by atoms with Gasteiger partial charge in [-0.15, -0.1) is 0 Å². The van der Waals surface area contributed by atoms with Crippen molar-refractivity contribution in [2.45, 2.75) is 44.9 Å². The van der Waals surface area contributed by atoms with Gasteiger partial charge in [0.25, 0.3) is 0 Å². The quantitative estimate of drug-likeness (QED) is 0.788. The lowest BCUT2D eigenvalue weighted by atomic mass is 10.2. The third-order valence-electron chi connectivity index (χ3n) is 2.51. The number of carbonyl (C=O) groups is 2. The van der Waals surface area contributed by atoms with E-state index in [9.17, 15) is 9.59 Å². The lowest BCUT2D eigenvalue weighted by molar-refractivity contribution is -0.142. The van der Waals surface area contributed by atoms with Crippen LogP contribution in [0, 0.1) is 0 Å². The minimum atomic E-state index is -1.03. The maximum Gasteiger partial charge on any atom is 0.411 e. The molecule has 1 N–H and O–H groups in total. The van der Waals surface area contributed by atoms with Crippen LogP contribution in [-0.4, -0.2) is 53.5 Å². The number of ether oxygens (including phenoxy) is 2. The molecule has 6 heteroatoms. The van der Waals surface area contributed by atoms with Crippen molar-refractivity contribution in [2.75, 3.05) is 13.7 Å². The standard InChI is InChI=1S/C11H19NO5/c1-11(2,3)17-10(15)12-6-7(16-4)5-8(12)9(13)14/h7-8H,5-6H2,1-4H3,(H,13,14)/t7?,8-/m0/s1. The minimum Gasteiger partial charge on any atom is -0.480 e. The van der Waals surface area contributed by atoms with Crippen LogP contribution in [0.3, 0.4) is 0 Å². The van der Waals surface area contributed by atoms with Crippen molar-refractivity contribution in [2.24, 2.45) is 0 Å². The van der Waals surface area contributed by atoms with Crippen molar-refractivity contribution in [1.82, 2.24) is 4.90 Å². The van der Waals surface area contributed by atoms with E-state index in [2.05, 4.69) is 0 Å². The summed E-state index contributed by atoms with van der Waals surface area (Å²) in [5.74, 6) is -1.03. The van der Waals surface area contributed by atoms with E-state index in [4.69, 9.17) is 14.6 Å². The van der Waals surface area contributed by atoms with Crippen LogP contribution in [0.15, 0.2) is 0 Å². The van der Waals surface area contributed by atoms with Gasteiger partial charge in [-0.2, -0.15) is 0 Å². The molecule has 0 aliphatic carbocycles. The molecule has 98 valence electrons. The molecule has 0 radical (unpaired) electrons. The molecule has 0 saturated carbocycles. The van der Waals surface area contributed by atoms with Crippen molar-refractivity contribution in [3.8, 4) is 0 Å². The number of carboxylic acids is 1. The summed E-state index contributed by atoms with van der Waals surface area (Å²) in [6.07, 6.45) is -0.557. The minimum absolute atomic E-state index is 0.247. The summed E-state index contributed by atoms with van der Waals surface area (Å²) >= 11 is 0. The maximum atomic E-state index is 11.8. The van der Waals surface area contributed by atoms with E-state index in [0.717, 1.165) is 0 Å². The van der Waals surface area contributed by atoms with Gasteiger partial charge in [0.1, 0.15) is 11.6 Å². The first-order chi connectivity index (χ1) is 7.74. The van der Waals surface area contributed by atoms with Gasteiger partial charge in [0.2, 0.25) is 0 Å². The monoisotopic (exact) mass is 245 g/mol. The van der Waals surface area contributed by atoms with Crippen LogP contribution in [-0.2, 0) is 14.3 Å². The molecule has 0 aromatic rings. The molecule has 1 heterocycles. The molecule has 1 rings (SSSR count). The third-order valence-corrected chi connectivity index (χ3v) is 2.51. The van der Waals surface area contributed by atoms with Crippen molar-refractivity contribution in [3.05, 3.63) is 0 Å². The molecule has 1 saturated heterocycles. The van der Waals surface area contributed by atoms with Gasteiger partial charge < -0.3 is 14.6 Å². The molecule has 17 heavy (non-hydrogen) atoms. The molecule has 1 amide bonds. The Hall–Kier alpha value is -1.30. The molecule has 0 aromatic carbocycles. The highest BCUT2D eigenvalue weighted by atomic mass is 16.6. The Kier molecular flexibility index (Phi) is 3.98. The van der Waals surface area contributed by atoms with Gasteiger partial charge in [-0.3, -0.25) is 4.90 Å². The summed E-state index contributed by atoms with van der Waals surface area (Å²) in [5.41, 5.74) is -0.634. The summed E-state index contributed by atoms with van der Waals surface area (Å²) in [6, 6.07) is -0.866. The summed E-state index contributed by atoms with van der Waals surface area (Å²) in [7, 11) is 1.50. The van der Waals surface area contributed by atoms with Gasteiger partial charge in [-0.1, -0.05) is 0 Å². The smallest absolute Gasteiger partial charge is 0.411 e. The van der Waals surface area contributed by atoms with Gasteiger partial charge in [-0.05, 0) is 20.8 Å². The zero-order chi connectivity index (χ0) is 13.2. The number of hydrogen-bond acceptors (Lipinski definition) is 4. The second kappa shape index (κ2) is 4.91. The van der Waals surface area contributed by atoms with E-state index in [-0.39, 0.29) is 12.6 Å². The SMILES string of the molecule is COC1C[C@@H](C(=O)O)N(C(=O)OC(C)(C)C)C1. The van der Waals surface area contributed by atoms with Gasteiger partial charge in [-0.25, -0.2) is 9.59 Å². The van der Waals surface area contributed by atoms with E-state index in [1.54, 1.807) is 20.8 Å². The lowest BCUT2D eigenvalue weighted by Crippen LogP contribution is -2.43. The molecule has 2 atom stereocenters. The molecule has 0 aromatic heterocycles. The van der Waals surface area contributed by atoms with Gasteiger partial charge in [0.15, 0.2) is 0 Å². The fourth-order valence-corrected chi connectivity index (χ4v) is 1.72. The number of nitrogens with zero attached hydrogens (tertiary/aromatic N) is 1. The molecule has 1 unspecified atom stereocenters. The largest absolute Gasteiger partial charge is 0.480 e. The number of aliphatic carboxylic acids is 1. The number of hydrogen-bond donors (Lipinski definition) is 1. The third kappa shape index (κ3) is 3.59. The van der Waals surface area contributed by atoms with Gasteiger partial charge in [0.05, 0.1) is 12.6 Å². The maximum absolute atomic E-state index is 11.8. The Balaban J connectivity index is 2.73. The van der Waals surface area contributed by atoms with E-state index in [0.29, 0.717) is 6.42 Å². The molecule has 1 aliphatic heterocycles. The zero-order valence-corrected chi connectivity index (χ0v) is 10.6. The summed E-state index contributed by atoms with van der Waals surface area (Å²) in [5, 5.41) is 9.04. The number of methoxy groups -OCH3 is 1. The van der Waals surface area contributed by atoms with Crippen LogP contribution in [0.5, 0.6) is 0 Å². The molecule has 1 fully saturated rings. The van der Waals surface area contributed by atoms with E-state index >= 15 is 0 Å². The molecule has 6 nitrogen and oxygen atoms in total. The van der Waals surface area contributed by atoms with Crippen LogP contribution in [0.4, 0.5) is 4.79 Å². The fraction of sp³-hybridized carbons (Fsp3) is 0.818. The van der Waals surface area contributed by atoms with Crippen LogP contribution in [0.2, 0.25) is 0 Å². The highest BCUT2D eigenvalue weighted by Gasteiger charge is 2.41.